The van der Waals surface area contributed by atoms with Crippen molar-refractivity contribution in [2.75, 3.05) is 24.7 Å². The molecular weight excluding hydrogens is 268 g/mol. The van der Waals surface area contributed by atoms with E-state index in [1.54, 1.807) is 13.4 Å². The van der Waals surface area contributed by atoms with Crippen molar-refractivity contribution < 1.29 is 4.74 Å². The molecule has 21 heavy (non-hydrogen) atoms. The fourth-order valence-corrected chi connectivity index (χ4v) is 2.10. The Bertz CT molecular complexity index is 737. The van der Waals surface area contributed by atoms with E-state index >= 15 is 0 Å². The van der Waals surface area contributed by atoms with Gasteiger partial charge in [-0.3, -0.25) is 0 Å². The Labute approximate surface area is 121 Å². The van der Waals surface area contributed by atoms with Crippen molar-refractivity contribution in [3.63, 3.8) is 0 Å². The van der Waals surface area contributed by atoms with Crippen molar-refractivity contribution in [3.8, 4) is 5.75 Å². The third kappa shape index (κ3) is 2.86. The number of imidazole rings is 1. The molecule has 3 aromatic rings. The van der Waals surface area contributed by atoms with Crippen LogP contribution in [-0.4, -0.2) is 33.6 Å². The summed E-state index contributed by atoms with van der Waals surface area (Å²) in [5.74, 6) is 1.74. The van der Waals surface area contributed by atoms with Crippen LogP contribution in [0.3, 0.4) is 0 Å². The second-order valence-electron chi connectivity index (χ2n) is 4.56. The van der Waals surface area contributed by atoms with Gasteiger partial charge in [0.1, 0.15) is 11.3 Å². The van der Waals surface area contributed by atoms with Gasteiger partial charge in [-0.05, 0) is 24.1 Å². The minimum atomic E-state index is 0.210. The first-order valence-corrected chi connectivity index (χ1v) is 6.59. The van der Waals surface area contributed by atoms with Gasteiger partial charge in [-0.15, -0.1) is 0 Å². The number of nitrogen functional groups attached to an aromatic ring is 1. The van der Waals surface area contributed by atoms with Gasteiger partial charge in [0.25, 0.3) is 0 Å². The number of nitrogens with zero attached hydrogens (tertiary/aromatic N) is 3. The maximum Gasteiger partial charge on any atom is 0.224 e. The standard InChI is InChI=1S/C14H16N6O/c1-21-10-4-2-9(3-5-10)6-7-16-12-11-13(18-8-17-11)20-14(15)19-12/h2-5,8H,6-7H2,1H3,(H4,15,16,17,18,19,20). The predicted molar refractivity (Wildman–Crippen MR) is 81.3 cm³/mol. The lowest BCUT2D eigenvalue weighted by Crippen LogP contribution is -2.08. The van der Waals surface area contributed by atoms with E-state index in [-0.39, 0.29) is 5.95 Å². The van der Waals surface area contributed by atoms with Crippen LogP contribution in [0.2, 0.25) is 0 Å². The fourth-order valence-electron chi connectivity index (χ4n) is 2.10. The number of hydrogen-bond donors (Lipinski definition) is 3. The summed E-state index contributed by atoms with van der Waals surface area (Å²) in [4.78, 5) is 15.3. The molecule has 0 amide bonds. The molecule has 0 fully saturated rings. The number of H-pyrrole nitrogens is 1. The average Bonchev–Trinajstić information content (AvgIpc) is 2.96. The van der Waals surface area contributed by atoms with Crippen molar-refractivity contribution >= 4 is 22.9 Å². The first kappa shape index (κ1) is 13.2. The molecule has 0 aliphatic rings. The van der Waals surface area contributed by atoms with Gasteiger partial charge in [-0.1, -0.05) is 12.1 Å². The van der Waals surface area contributed by atoms with Crippen molar-refractivity contribution in [3.05, 3.63) is 36.2 Å². The highest BCUT2D eigenvalue weighted by Gasteiger charge is 2.07. The molecule has 0 aliphatic carbocycles. The van der Waals surface area contributed by atoms with Crippen LogP contribution >= 0.6 is 0 Å². The van der Waals surface area contributed by atoms with Crippen LogP contribution in [0.1, 0.15) is 5.56 Å². The molecule has 1 aromatic carbocycles. The van der Waals surface area contributed by atoms with Gasteiger partial charge in [-0.2, -0.15) is 9.97 Å². The molecular formula is C14H16N6O. The zero-order valence-corrected chi connectivity index (χ0v) is 11.6. The molecule has 2 aromatic heterocycles. The number of fused-ring (bicyclic) bond motifs is 1. The zero-order valence-electron chi connectivity index (χ0n) is 11.6. The van der Waals surface area contributed by atoms with Crippen LogP contribution in [0.15, 0.2) is 30.6 Å². The van der Waals surface area contributed by atoms with Gasteiger partial charge in [0, 0.05) is 6.54 Å². The second-order valence-corrected chi connectivity index (χ2v) is 4.56. The highest BCUT2D eigenvalue weighted by Crippen LogP contribution is 2.17. The van der Waals surface area contributed by atoms with E-state index in [0.29, 0.717) is 11.5 Å². The number of nitrogens with one attached hydrogen (secondary N) is 2. The van der Waals surface area contributed by atoms with Crippen molar-refractivity contribution in [1.82, 2.24) is 19.9 Å². The Balaban J connectivity index is 1.67. The lowest BCUT2D eigenvalue weighted by Gasteiger charge is -2.07. The fraction of sp³-hybridized carbons (Fsp3) is 0.214. The molecule has 0 bridgehead atoms. The first-order valence-electron chi connectivity index (χ1n) is 6.59. The maximum absolute atomic E-state index is 5.67. The third-order valence-electron chi connectivity index (χ3n) is 3.17. The number of hydrogen-bond acceptors (Lipinski definition) is 6. The van der Waals surface area contributed by atoms with Gasteiger partial charge >= 0.3 is 0 Å². The Kier molecular flexibility index (Phi) is 3.55. The molecule has 4 N–H and O–H groups in total. The maximum atomic E-state index is 5.67. The highest BCUT2D eigenvalue weighted by atomic mass is 16.5. The first-order chi connectivity index (χ1) is 10.3. The minimum absolute atomic E-state index is 0.210. The number of aromatic nitrogens is 4. The summed E-state index contributed by atoms with van der Waals surface area (Å²) in [5.41, 5.74) is 8.21. The number of aromatic amines is 1. The van der Waals surface area contributed by atoms with E-state index in [4.69, 9.17) is 10.5 Å². The van der Waals surface area contributed by atoms with Crippen LogP contribution in [0.4, 0.5) is 11.8 Å². The molecule has 7 heteroatoms. The normalized spacial score (nSPS) is 10.7. The predicted octanol–water partition coefficient (Wildman–Crippen LogP) is 1.60. The molecule has 0 saturated carbocycles. The molecule has 3 rings (SSSR count). The van der Waals surface area contributed by atoms with Gasteiger partial charge in [0.15, 0.2) is 11.5 Å². The summed E-state index contributed by atoms with van der Waals surface area (Å²) >= 11 is 0. The van der Waals surface area contributed by atoms with E-state index in [9.17, 15) is 0 Å². The van der Waals surface area contributed by atoms with Crippen LogP contribution in [0.5, 0.6) is 5.75 Å². The molecule has 108 valence electrons. The van der Waals surface area contributed by atoms with Gasteiger partial charge in [-0.25, -0.2) is 4.98 Å². The van der Waals surface area contributed by atoms with E-state index in [1.807, 2.05) is 24.3 Å². The molecule has 0 atom stereocenters. The number of ether oxygens (including phenoxy) is 1. The second kappa shape index (κ2) is 5.66. The average molecular weight is 284 g/mol. The summed E-state index contributed by atoms with van der Waals surface area (Å²) < 4.78 is 5.14. The van der Waals surface area contributed by atoms with Gasteiger partial charge in [0.2, 0.25) is 5.95 Å². The Hall–Kier alpha value is -2.83. The number of rotatable bonds is 5. The molecule has 7 nitrogen and oxygen atoms in total. The van der Waals surface area contributed by atoms with Crippen molar-refractivity contribution in [2.24, 2.45) is 0 Å². The molecule has 0 unspecified atom stereocenters. The number of nitrogens with two attached hydrogens (primary N) is 1. The van der Waals surface area contributed by atoms with E-state index < -0.39 is 0 Å². The van der Waals surface area contributed by atoms with Gasteiger partial charge in [0.05, 0.1) is 13.4 Å². The molecule has 2 heterocycles. The molecule has 0 aliphatic heterocycles. The number of methoxy groups -OCH3 is 1. The van der Waals surface area contributed by atoms with E-state index in [1.165, 1.54) is 5.56 Å². The van der Waals surface area contributed by atoms with E-state index in [0.717, 1.165) is 24.2 Å². The topological polar surface area (TPSA) is 102 Å². The SMILES string of the molecule is COc1ccc(CCNc2nc(N)nc3nc[nH]c23)cc1. The summed E-state index contributed by atoms with van der Waals surface area (Å²) in [5, 5.41) is 3.26. The quantitative estimate of drug-likeness (QED) is 0.657. The Morgan fingerprint density at radius 3 is 2.81 bits per heavy atom. The van der Waals surface area contributed by atoms with Gasteiger partial charge < -0.3 is 20.8 Å². The Morgan fingerprint density at radius 1 is 1.24 bits per heavy atom. The molecule has 0 radical (unpaired) electrons. The largest absolute Gasteiger partial charge is 0.497 e. The highest BCUT2D eigenvalue weighted by molar-refractivity contribution is 5.83. The summed E-state index contributed by atoms with van der Waals surface area (Å²) in [7, 11) is 1.66. The molecule has 0 spiro atoms. The zero-order chi connectivity index (χ0) is 14.7. The van der Waals surface area contributed by atoms with Crippen LogP contribution < -0.4 is 15.8 Å². The lowest BCUT2D eigenvalue weighted by atomic mass is 10.1. The van der Waals surface area contributed by atoms with Crippen molar-refractivity contribution in [1.29, 1.82) is 0 Å². The van der Waals surface area contributed by atoms with Crippen LogP contribution in [-0.2, 0) is 6.42 Å². The smallest absolute Gasteiger partial charge is 0.224 e. The van der Waals surface area contributed by atoms with Crippen LogP contribution in [0.25, 0.3) is 11.2 Å². The summed E-state index contributed by atoms with van der Waals surface area (Å²) in [6, 6.07) is 7.98. The number of benzene rings is 1. The van der Waals surface area contributed by atoms with Crippen LogP contribution in [0, 0.1) is 0 Å². The van der Waals surface area contributed by atoms with E-state index in [2.05, 4.69) is 25.3 Å². The summed E-state index contributed by atoms with van der Waals surface area (Å²) in [6.45, 7) is 0.733. The van der Waals surface area contributed by atoms with Crippen molar-refractivity contribution in [2.45, 2.75) is 6.42 Å². The minimum Gasteiger partial charge on any atom is -0.497 e. The Morgan fingerprint density at radius 2 is 2.05 bits per heavy atom. The number of anilines is 2. The third-order valence-corrected chi connectivity index (χ3v) is 3.17. The summed E-state index contributed by atoms with van der Waals surface area (Å²) in [6.07, 6.45) is 2.44. The molecule has 0 saturated heterocycles. The lowest BCUT2D eigenvalue weighted by molar-refractivity contribution is 0.414. The monoisotopic (exact) mass is 284 g/mol.